The topological polar surface area (TPSA) is 201 Å². The van der Waals surface area contributed by atoms with Crippen molar-refractivity contribution in [2.75, 3.05) is 13.2 Å². The number of ether oxygens (including phenoxy) is 4. The monoisotopic (exact) mass is 927 g/mol. The van der Waals surface area contributed by atoms with Gasteiger partial charge < -0.3 is 49.6 Å². The fourth-order valence-corrected chi connectivity index (χ4v) is 19.3. The third-order valence-electron chi connectivity index (χ3n) is 23.1. The van der Waals surface area contributed by atoms with Crippen LogP contribution in [0.15, 0.2) is 23.3 Å². The highest BCUT2D eigenvalue weighted by Gasteiger charge is 2.79. The van der Waals surface area contributed by atoms with Crippen molar-refractivity contribution in [2.45, 2.75) is 197 Å². The highest BCUT2D eigenvalue weighted by atomic mass is 16.7. The van der Waals surface area contributed by atoms with Crippen LogP contribution in [0.1, 0.15) is 136 Å². The number of carbonyl (C=O) groups is 1. The lowest BCUT2D eigenvalue weighted by atomic mass is 9.42. The average molecular weight is 927 g/mol. The van der Waals surface area contributed by atoms with Crippen LogP contribution in [-0.2, 0) is 49.4 Å². The molecule has 366 valence electrons. The molecule has 1 aromatic rings. The molecule has 8 fully saturated rings. The van der Waals surface area contributed by atoms with Gasteiger partial charge in [0.25, 0.3) is 0 Å². The van der Waals surface area contributed by atoms with Gasteiger partial charge in [0.1, 0.15) is 29.7 Å². The fraction of sp³-hybridized carbons (Fsp3) is 0.833. The number of Topliss-reactive ketones (excluding diaryl/α,β-unsaturated/α-hetero) is 1. The van der Waals surface area contributed by atoms with Gasteiger partial charge in [-0.2, -0.15) is 0 Å². The predicted octanol–water partition coefficient (Wildman–Crippen LogP) is 4.62. The molecule has 1 aromatic heterocycles. The fourth-order valence-electron chi connectivity index (χ4n) is 19.3. The maximum Gasteiger partial charge on any atom is 0.201 e. The van der Waals surface area contributed by atoms with Crippen molar-refractivity contribution in [1.29, 1.82) is 0 Å². The van der Waals surface area contributed by atoms with Gasteiger partial charge in [0, 0.05) is 47.8 Å². The Bertz CT molecular complexity index is 2440. The molecule has 3 spiro atoms. The molecule has 7 unspecified atom stereocenters. The van der Waals surface area contributed by atoms with Crippen molar-refractivity contribution >= 4 is 5.78 Å². The van der Waals surface area contributed by atoms with Crippen LogP contribution >= 0.6 is 0 Å². The Labute approximate surface area is 394 Å². The van der Waals surface area contributed by atoms with Crippen molar-refractivity contribution in [3.05, 3.63) is 46.1 Å². The van der Waals surface area contributed by atoms with Gasteiger partial charge in [-0.05, 0) is 120 Å². The molecular weight excluding hydrogens is 853 g/mol. The standard InChI is InChI=1S/C54H74N2O11/c1-26-31-13-14-32-33-12-10-29-16-37-39(20-48(29,7)51(33,62)23-41(59)50(31,32)25-64-53(26)42(60)21-45(3,4)66-53)56-36-15-28-9-11-30-34(47(28,6)19-38(36)55-37)17-40(58)49(8)35(30)18-44-52(49,63)27(2)54(65-44)43(61)22-46(5,24-57)67-54/h14,18,26-31,33-34,40,42-44,57-58,60-63H,9-13,15-17,19-25H2,1-8H3/t26?,27?,28?,29?,30-,31-,33+,34?,40-,42?,43-,44+,46+,47+,48+,49-,50-,51?,52-,53-,54+/m0/s1. The molecule has 13 heteroatoms. The van der Waals surface area contributed by atoms with E-state index in [1.165, 1.54) is 0 Å². The van der Waals surface area contributed by atoms with Crippen molar-refractivity contribution in [1.82, 2.24) is 9.97 Å². The normalized spacial score (nSPS) is 57.3. The van der Waals surface area contributed by atoms with Crippen LogP contribution < -0.4 is 0 Å². The number of ketones is 1. The minimum absolute atomic E-state index is 0.0598. The number of fused-ring (bicyclic) bond motifs is 13. The van der Waals surface area contributed by atoms with Crippen LogP contribution in [-0.4, -0.2) is 118 Å². The maximum absolute atomic E-state index is 15.0. The summed E-state index contributed by atoms with van der Waals surface area (Å²) in [5, 5.41) is 71.6. The van der Waals surface area contributed by atoms with E-state index in [0.717, 1.165) is 72.4 Å². The van der Waals surface area contributed by atoms with Crippen LogP contribution in [0.3, 0.4) is 0 Å². The van der Waals surface area contributed by atoms with E-state index in [1.807, 2.05) is 27.7 Å². The van der Waals surface area contributed by atoms with Crippen molar-refractivity contribution in [2.24, 2.45) is 69.0 Å². The van der Waals surface area contributed by atoms with E-state index in [0.29, 0.717) is 38.0 Å². The van der Waals surface area contributed by atoms with Crippen LogP contribution in [0.5, 0.6) is 0 Å². The first-order chi connectivity index (χ1) is 31.4. The highest BCUT2D eigenvalue weighted by Crippen LogP contribution is 2.73. The third-order valence-corrected chi connectivity index (χ3v) is 23.1. The Morgan fingerprint density at radius 2 is 1.45 bits per heavy atom. The number of nitrogens with zero attached hydrogens (tertiary/aromatic N) is 2. The second-order valence-corrected chi connectivity index (χ2v) is 26.2. The van der Waals surface area contributed by atoms with E-state index < -0.39 is 80.6 Å². The number of rotatable bonds is 1. The molecule has 0 radical (unpaired) electrons. The first-order valence-corrected chi connectivity index (χ1v) is 26.1. The summed E-state index contributed by atoms with van der Waals surface area (Å²) in [6, 6.07) is 0. The lowest BCUT2D eigenvalue weighted by molar-refractivity contribution is -0.337. The minimum Gasteiger partial charge on any atom is -0.393 e. The van der Waals surface area contributed by atoms with Gasteiger partial charge in [-0.3, -0.25) is 14.8 Å². The SMILES string of the molecule is CC1[C@@H]2CC=C3[C@H]4CCC5Cc6nc7c(nc6C[C@@]5(C)C4(O)CC(=O)[C@]32CO[C@]12OC(C)(C)CC2O)CC1CC[C@@H]2C3=C[C@H]4O[C@@]5(O[C@@](C)(CO)C[C@@H]5O)C(C)[C@@]4(O)[C@]3(C)[C@@H](O)CC2[C@]1(C)C7. The second-order valence-electron chi connectivity index (χ2n) is 26.2. The number of allylic oxidation sites excluding steroid dienone is 1. The van der Waals surface area contributed by atoms with Crippen LogP contribution in [0.2, 0.25) is 0 Å². The first-order valence-electron chi connectivity index (χ1n) is 26.1. The summed E-state index contributed by atoms with van der Waals surface area (Å²) in [4.78, 5) is 26.0. The predicted molar refractivity (Wildman–Crippen MR) is 242 cm³/mol. The summed E-state index contributed by atoms with van der Waals surface area (Å²) in [6.45, 7) is 16.2. The molecule has 6 N–H and O–H groups in total. The number of aliphatic hydroxyl groups excluding tert-OH is 4. The van der Waals surface area contributed by atoms with E-state index in [-0.39, 0.29) is 72.8 Å². The quantitative estimate of drug-likeness (QED) is 0.214. The Kier molecular flexibility index (Phi) is 8.86. The number of aromatic nitrogens is 2. The lowest BCUT2D eigenvalue weighted by Gasteiger charge is -2.64. The average Bonchev–Trinajstić information content (AvgIpc) is 3.98. The minimum atomic E-state index is -1.52. The summed E-state index contributed by atoms with van der Waals surface area (Å²) >= 11 is 0. The molecule has 12 aliphatic rings. The van der Waals surface area contributed by atoms with E-state index in [1.54, 1.807) is 6.92 Å². The molecule has 4 saturated carbocycles. The Hall–Kier alpha value is -2.17. The summed E-state index contributed by atoms with van der Waals surface area (Å²) in [6.07, 6.45) is 9.30. The van der Waals surface area contributed by atoms with Gasteiger partial charge in [-0.25, -0.2) is 0 Å². The van der Waals surface area contributed by atoms with Gasteiger partial charge in [0.05, 0.1) is 64.3 Å². The van der Waals surface area contributed by atoms with Gasteiger partial charge in [-0.1, -0.05) is 57.9 Å². The summed E-state index contributed by atoms with van der Waals surface area (Å²) in [5.41, 5.74) is -0.652. The van der Waals surface area contributed by atoms with Crippen molar-refractivity contribution in [3.63, 3.8) is 0 Å². The molecule has 0 bridgehead atoms. The Balaban J connectivity index is 0.772. The van der Waals surface area contributed by atoms with Gasteiger partial charge in [-0.15, -0.1) is 0 Å². The van der Waals surface area contributed by atoms with Crippen LogP contribution in [0.4, 0.5) is 0 Å². The smallest absolute Gasteiger partial charge is 0.201 e. The number of aliphatic hydroxyl groups is 6. The second kappa shape index (κ2) is 13.3. The summed E-state index contributed by atoms with van der Waals surface area (Å²) in [7, 11) is 0. The number of hydrogen-bond donors (Lipinski definition) is 6. The molecule has 21 atom stereocenters. The van der Waals surface area contributed by atoms with Crippen LogP contribution in [0, 0.1) is 69.0 Å². The molecule has 8 aliphatic carbocycles. The zero-order chi connectivity index (χ0) is 47.2. The third kappa shape index (κ3) is 5.00. The Morgan fingerprint density at radius 3 is 2.13 bits per heavy atom. The molecule has 67 heavy (non-hydrogen) atoms. The molecule has 5 heterocycles. The highest BCUT2D eigenvalue weighted by molar-refractivity contribution is 5.92. The van der Waals surface area contributed by atoms with Crippen molar-refractivity contribution < 1.29 is 54.4 Å². The lowest BCUT2D eigenvalue weighted by Crippen LogP contribution is -2.70. The number of hydrogen-bond acceptors (Lipinski definition) is 13. The first kappa shape index (κ1) is 44.7. The van der Waals surface area contributed by atoms with E-state index >= 15 is 0 Å². The molecule has 4 aliphatic heterocycles. The van der Waals surface area contributed by atoms with Gasteiger partial charge in [0.15, 0.2) is 5.79 Å². The Morgan fingerprint density at radius 1 is 0.761 bits per heavy atom. The number of carbonyl (C=O) groups excluding carboxylic acids is 1. The van der Waals surface area contributed by atoms with E-state index in [9.17, 15) is 35.4 Å². The summed E-state index contributed by atoms with van der Waals surface area (Å²) in [5.74, 6) is -2.92. The largest absolute Gasteiger partial charge is 0.393 e. The maximum atomic E-state index is 15.0. The molecule has 4 saturated heterocycles. The zero-order valence-electron chi connectivity index (χ0n) is 40.8. The molecular formula is C54H74N2O11. The molecule has 13 rings (SSSR count). The molecule has 13 nitrogen and oxygen atoms in total. The van der Waals surface area contributed by atoms with E-state index in [4.69, 9.17) is 28.9 Å². The van der Waals surface area contributed by atoms with E-state index in [2.05, 4.69) is 32.9 Å². The van der Waals surface area contributed by atoms with Gasteiger partial charge in [0.2, 0.25) is 5.79 Å². The van der Waals surface area contributed by atoms with Crippen LogP contribution in [0.25, 0.3) is 0 Å². The summed E-state index contributed by atoms with van der Waals surface area (Å²) < 4.78 is 26.2. The van der Waals surface area contributed by atoms with Crippen molar-refractivity contribution in [3.8, 4) is 0 Å². The molecule has 0 amide bonds. The molecule has 0 aromatic carbocycles. The van der Waals surface area contributed by atoms with Gasteiger partial charge >= 0.3 is 0 Å². The zero-order valence-corrected chi connectivity index (χ0v) is 40.8.